The maximum atomic E-state index is 11.0. The van der Waals surface area contributed by atoms with Crippen LogP contribution in [0.1, 0.15) is 32.1 Å². The van der Waals surface area contributed by atoms with E-state index in [2.05, 4.69) is 13.3 Å². The van der Waals surface area contributed by atoms with Crippen molar-refractivity contribution in [3.8, 4) is 0 Å². The molecular formula is C12H14N4O2Se. The van der Waals surface area contributed by atoms with Crippen molar-refractivity contribution < 1.29 is 4.92 Å². The number of benzene rings is 1. The van der Waals surface area contributed by atoms with Gasteiger partial charge in [0.2, 0.25) is 0 Å². The van der Waals surface area contributed by atoms with Gasteiger partial charge in [0.15, 0.2) is 0 Å². The average molecular weight is 325 g/mol. The number of rotatable bonds is 3. The van der Waals surface area contributed by atoms with Crippen molar-refractivity contribution in [2.24, 2.45) is 0 Å². The van der Waals surface area contributed by atoms with Gasteiger partial charge in [-0.3, -0.25) is 0 Å². The van der Waals surface area contributed by atoms with Crippen molar-refractivity contribution in [2.45, 2.75) is 38.1 Å². The molecule has 0 atom stereocenters. The Balaban J connectivity index is 1.93. The second-order valence-electron chi connectivity index (χ2n) is 4.83. The van der Waals surface area contributed by atoms with Crippen molar-refractivity contribution in [3.05, 3.63) is 22.2 Å². The quantitative estimate of drug-likeness (QED) is 0.532. The van der Waals surface area contributed by atoms with Gasteiger partial charge in [0.05, 0.1) is 0 Å². The molecular weight excluding hydrogens is 311 g/mol. The summed E-state index contributed by atoms with van der Waals surface area (Å²) in [5, 5.41) is 14.4. The molecule has 1 N–H and O–H groups in total. The summed E-state index contributed by atoms with van der Waals surface area (Å²) in [6.07, 6.45) is 6.12. The Labute approximate surface area is 116 Å². The van der Waals surface area contributed by atoms with Crippen molar-refractivity contribution in [1.29, 1.82) is 0 Å². The summed E-state index contributed by atoms with van der Waals surface area (Å²) in [4.78, 5) is 10.6. The third kappa shape index (κ3) is 2.48. The zero-order valence-electron chi connectivity index (χ0n) is 10.3. The Hall–Kier alpha value is -1.46. The average Bonchev–Trinajstić information content (AvgIpc) is 2.89. The molecule has 0 aliphatic heterocycles. The summed E-state index contributed by atoms with van der Waals surface area (Å²) in [6.45, 7) is 0. The van der Waals surface area contributed by atoms with E-state index in [-0.39, 0.29) is 25.6 Å². The van der Waals surface area contributed by atoms with Crippen molar-refractivity contribution >= 4 is 37.4 Å². The third-order valence-corrected chi connectivity index (χ3v) is 4.66. The molecule has 7 heteroatoms. The van der Waals surface area contributed by atoms with Crippen molar-refractivity contribution in [3.63, 3.8) is 0 Å². The Morgan fingerprint density at radius 2 is 1.95 bits per heavy atom. The molecule has 100 valence electrons. The van der Waals surface area contributed by atoms with Gasteiger partial charge in [0.1, 0.15) is 0 Å². The molecule has 0 spiro atoms. The van der Waals surface area contributed by atoms with Crippen LogP contribution in [-0.4, -0.2) is 33.9 Å². The summed E-state index contributed by atoms with van der Waals surface area (Å²) < 4.78 is 8.53. The Morgan fingerprint density at radius 3 is 2.68 bits per heavy atom. The molecule has 0 bridgehead atoms. The second-order valence-corrected chi connectivity index (χ2v) is 5.94. The predicted octanol–water partition coefficient (Wildman–Crippen LogP) is 2.34. The van der Waals surface area contributed by atoms with E-state index in [1.165, 1.54) is 25.3 Å². The molecule has 1 saturated carbocycles. The van der Waals surface area contributed by atoms with Gasteiger partial charge < -0.3 is 0 Å². The number of hydrogen-bond acceptors (Lipinski definition) is 5. The van der Waals surface area contributed by atoms with Crippen LogP contribution in [-0.2, 0) is 0 Å². The first kappa shape index (κ1) is 12.6. The standard InChI is InChI=1S/C12H14N4O2Se/c17-16(18)10-7-6-9(11-12(10)15-19-14-11)13-8-4-2-1-3-5-8/h6-8,13H,1-5H2. The van der Waals surface area contributed by atoms with Crippen LogP contribution in [0.5, 0.6) is 0 Å². The molecule has 1 aromatic heterocycles. The van der Waals surface area contributed by atoms with E-state index in [1.807, 2.05) is 0 Å². The zero-order chi connectivity index (χ0) is 13.2. The van der Waals surface area contributed by atoms with Crippen LogP contribution in [0.4, 0.5) is 11.4 Å². The summed E-state index contributed by atoms with van der Waals surface area (Å²) in [5.74, 6) is 0. The number of nitro benzene ring substituents is 1. The number of nitrogens with one attached hydrogen (secondary N) is 1. The Kier molecular flexibility index (Phi) is 3.48. The first-order chi connectivity index (χ1) is 9.25. The maximum absolute atomic E-state index is 11.0. The van der Waals surface area contributed by atoms with Crippen LogP contribution in [0.25, 0.3) is 11.0 Å². The van der Waals surface area contributed by atoms with Gasteiger partial charge in [-0.25, -0.2) is 0 Å². The van der Waals surface area contributed by atoms with Crippen LogP contribution in [0.3, 0.4) is 0 Å². The normalized spacial score (nSPS) is 16.6. The summed E-state index contributed by atoms with van der Waals surface area (Å²) >= 11 is -0.253. The predicted molar refractivity (Wildman–Crippen MR) is 73.6 cm³/mol. The van der Waals surface area contributed by atoms with Crippen molar-refractivity contribution in [2.75, 3.05) is 5.32 Å². The first-order valence-electron chi connectivity index (χ1n) is 6.42. The second kappa shape index (κ2) is 5.27. The number of non-ortho nitro benzene ring substituents is 1. The van der Waals surface area contributed by atoms with Gasteiger partial charge in [-0.05, 0) is 0 Å². The van der Waals surface area contributed by atoms with Gasteiger partial charge in [-0.15, -0.1) is 0 Å². The van der Waals surface area contributed by atoms with E-state index >= 15 is 0 Å². The van der Waals surface area contributed by atoms with Crippen LogP contribution in [0.15, 0.2) is 12.1 Å². The molecule has 0 amide bonds. The van der Waals surface area contributed by atoms with Gasteiger partial charge in [-0.1, -0.05) is 0 Å². The monoisotopic (exact) mass is 326 g/mol. The van der Waals surface area contributed by atoms with Gasteiger partial charge >= 0.3 is 116 Å². The molecule has 3 rings (SSSR count). The molecule has 1 aliphatic rings. The number of nitro groups is 1. The molecule has 1 aromatic carbocycles. The number of fused-ring (bicyclic) bond motifs is 1. The zero-order valence-corrected chi connectivity index (χ0v) is 12.0. The third-order valence-electron chi connectivity index (χ3n) is 3.56. The number of anilines is 1. The van der Waals surface area contributed by atoms with Gasteiger partial charge in [0, 0.05) is 0 Å². The molecule has 1 heterocycles. The van der Waals surface area contributed by atoms with E-state index in [0.717, 1.165) is 18.5 Å². The Bertz CT molecular complexity index is 607. The fourth-order valence-corrected chi connectivity index (χ4v) is 3.78. The molecule has 1 fully saturated rings. The summed E-state index contributed by atoms with van der Waals surface area (Å²) in [6, 6.07) is 3.76. The van der Waals surface area contributed by atoms with E-state index in [9.17, 15) is 10.1 Å². The number of hydrogen-bond donors (Lipinski definition) is 1. The molecule has 0 radical (unpaired) electrons. The molecule has 6 nitrogen and oxygen atoms in total. The van der Waals surface area contributed by atoms with E-state index in [0.29, 0.717) is 17.1 Å². The Morgan fingerprint density at radius 1 is 1.21 bits per heavy atom. The van der Waals surface area contributed by atoms with E-state index < -0.39 is 0 Å². The fourth-order valence-electron chi connectivity index (χ4n) is 2.58. The minimum atomic E-state index is -0.385. The van der Waals surface area contributed by atoms with Gasteiger partial charge in [-0.2, -0.15) is 0 Å². The first-order valence-corrected chi connectivity index (χ1v) is 7.95. The minimum absolute atomic E-state index is 0.0623. The SMILES string of the molecule is O=[N+]([O-])c1ccc(NC2CCCCC2)c2n[se]nc12. The molecule has 1 aliphatic carbocycles. The van der Waals surface area contributed by atoms with Crippen LogP contribution >= 0.6 is 0 Å². The number of nitrogens with zero attached hydrogens (tertiary/aromatic N) is 3. The molecule has 2 aromatic rings. The van der Waals surface area contributed by atoms with Crippen LogP contribution in [0, 0.1) is 10.1 Å². The topological polar surface area (TPSA) is 81.0 Å². The van der Waals surface area contributed by atoms with Crippen LogP contribution in [0.2, 0.25) is 0 Å². The van der Waals surface area contributed by atoms with E-state index in [1.54, 1.807) is 6.07 Å². The molecule has 0 unspecified atom stereocenters. The summed E-state index contributed by atoms with van der Waals surface area (Å²) in [7, 11) is 0. The fraction of sp³-hybridized carbons (Fsp3) is 0.500. The molecule has 19 heavy (non-hydrogen) atoms. The van der Waals surface area contributed by atoms with E-state index in [4.69, 9.17) is 0 Å². The number of aromatic nitrogens is 2. The van der Waals surface area contributed by atoms with Crippen LogP contribution < -0.4 is 5.32 Å². The molecule has 0 saturated heterocycles. The van der Waals surface area contributed by atoms with Gasteiger partial charge in [0.25, 0.3) is 0 Å². The van der Waals surface area contributed by atoms with Crippen molar-refractivity contribution in [1.82, 2.24) is 7.96 Å². The summed E-state index contributed by atoms with van der Waals surface area (Å²) in [5.41, 5.74) is 2.09.